The zero-order valence-corrected chi connectivity index (χ0v) is 17.4. The van der Waals surface area contributed by atoms with E-state index in [0.29, 0.717) is 11.5 Å². The summed E-state index contributed by atoms with van der Waals surface area (Å²) in [5.74, 6) is 0.992. The van der Waals surface area contributed by atoms with Crippen molar-refractivity contribution in [1.29, 1.82) is 5.26 Å². The quantitative estimate of drug-likeness (QED) is 0.547. The summed E-state index contributed by atoms with van der Waals surface area (Å²) >= 11 is 1.66. The minimum absolute atomic E-state index is 0.0239. The number of hydrogen-bond acceptors (Lipinski definition) is 6. The molecule has 0 radical (unpaired) electrons. The van der Waals surface area contributed by atoms with Crippen molar-refractivity contribution < 1.29 is 14.3 Å². The van der Waals surface area contributed by atoms with Crippen LogP contribution in [0.2, 0.25) is 0 Å². The van der Waals surface area contributed by atoms with Crippen LogP contribution < -0.4 is 9.47 Å². The van der Waals surface area contributed by atoms with E-state index in [2.05, 4.69) is 6.07 Å². The Bertz CT molecular complexity index is 1100. The van der Waals surface area contributed by atoms with Crippen LogP contribution in [0.3, 0.4) is 0 Å². The number of methoxy groups -OCH3 is 1. The second-order valence-corrected chi connectivity index (χ2v) is 7.96. The van der Waals surface area contributed by atoms with Crippen LogP contribution in [0.15, 0.2) is 48.5 Å². The third kappa shape index (κ3) is 4.14. The fraction of sp³-hybridized carbons (Fsp3) is 0.261. The van der Waals surface area contributed by atoms with Gasteiger partial charge >= 0.3 is 0 Å². The van der Waals surface area contributed by atoms with Gasteiger partial charge in [-0.3, -0.25) is 4.79 Å². The number of benzene rings is 2. The lowest BCUT2D eigenvalue weighted by molar-refractivity contribution is -0.126. The highest BCUT2D eigenvalue weighted by Gasteiger charge is 2.31. The van der Waals surface area contributed by atoms with Gasteiger partial charge in [-0.1, -0.05) is 18.2 Å². The smallest absolute Gasteiger partial charge is 0.247 e. The van der Waals surface area contributed by atoms with Gasteiger partial charge in [0.1, 0.15) is 11.1 Å². The lowest BCUT2D eigenvalue weighted by Crippen LogP contribution is -2.28. The number of ether oxygens (including phenoxy) is 2. The zero-order valence-electron chi connectivity index (χ0n) is 16.6. The number of nitriles is 1. The summed E-state index contributed by atoms with van der Waals surface area (Å²) in [5, 5.41) is 9.66. The van der Waals surface area contributed by atoms with E-state index < -0.39 is 0 Å². The molecule has 1 atom stereocenters. The highest BCUT2D eigenvalue weighted by atomic mass is 32.1. The van der Waals surface area contributed by atoms with Crippen LogP contribution in [-0.4, -0.2) is 36.1 Å². The number of aromatic nitrogens is 1. The third-order valence-electron chi connectivity index (χ3n) is 5.03. The van der Waals surface area contributed by atoms with E-state index in [0.717, 1.165) is 40.2 Å². The summed E-state index contributed by atoms with van der Waals surface area (Å²) in [6.07, 6.45) is 5.26. The summed E-state index contributed by atoms with van der Waals surface area (Å²) in [6, 6.07) is 15.4. The molecule has 1 saturated heterocycles. The Hall–Kier alpha value is -3.37. The molecule has 6 nitrogen and oxygen atoms in total. The second-order valence-electron chi connectivity index (χ2n) is 6.90. The van der Waals surface area contributed by atoms with Crippen molar-refractivity contribution in [3.05, 3.63) is 59.1 Å². The van der Waals surface area contributed by atoms with Gasteiger partial charge in [-0.2, -0.15) is 5.26 Å². The average Bonchev–Trinajstić information content (AvgIpc) is 3.43. The van der Waals surface area contributed by atoms with Gasteiger partial charge in [0.2, 0.25) is 5.91 Å². The first-order valence-electron chi connectivity index (χ1n) is 9.71. The van der Waals surface area contributed by atoms with Crippen LogP contribution >= 0.6 is 11.3 Å². The molecule has 2 aromatic carbocycles. The lowest BCUT2D eigenvalue weighted by atomic mass is 10.1. The molecule has 1 fully saturated rings. The first-order valence-corrected chi connectivity index (χ1v) is 10.5. The summed E-state index contributed by atoms with van der Waals surface area (Å²) in [4.78, 5) is 19.6. The summed E-state index contributed by atoms with van der Waals surface area (Å²) in [5.41, 5.74) is 1.80. The average molecular weight is 420 g/mol. The number of nitrogens with zero attached hydrogens (tertiary/aromatic N) is 3. The third-order valence-corrected chi connectivity index (χ3v) is 6.17. The summed E-state index contributed by atoms with van der Waals surface area (Å²) in [7, 11) is 1.54. The Labute approximate surface area is 179 Å². The Morgan fingerprint density at radius 3 is 3.00 bits per heavy atom. The van der Waals surface area contributed by atoms with Crippen molar-refractivity contribution in [2.75, 3.05) is 20.3 Å². The van der Waals surface area contributed by atoms with Gasteiger partial charge < -0.3 is 14.4 Å². The first kappa shape index (κ1) is 19.9. The minimum Gasteiger partial charge on any atom is -0.493 e. The van der Waals surface area contributed by atoms with E-state index in [4.69, 9.17) is 19.7 Å². The van der Waals surface area contributed by atoms with Crippen molar-refractivity contribution in [2.24, 2.45) is 0 Å². The van der Waals surface area contributed by atoms with E-state index in [-0.39, 0.29) is 18.6 Å². The highest BCUT2D eigenvalue weighted by Crippen LogP contribution is 2.36. The molecule has 4 rings (SSSR count). The Morgan fingerprint density at radius 2 is 2.20 bits per heavy atom. The molecule has 0 bridgehead atoms. The Kier molecular flexibility index (Phi) is 5.96. The molecule has 0 spiro atoms. The Balaban J connectivity index is 1.50. The van der Waals surface area contributed by atoms with Gasteiger partial charge in [0, 0.05) is 12.6 Å². The number of likely N-dealkylation sites (tertiary alicyclic amines) is 1. The van der Waals surface area contributed by atoms with Crippen molar-refractivity contribution in [1.82, 2.24) is 9.88 Å². The lowest BCUT2D eigenvalue weighted by Gasteiger charge is -2.21. The SMILES string of the molecule is COc1cc(/C=C/C(=O)N2CCC[C@H]2c2nc3ccccc3s2)ccc1OCC#N. The molecule has 152 valence electrons. The van der Waals surface area contributed by atoms with Gasteiger partial charge in [0.25, 0.3) is 0 Å². The summed E-state index contributed by atoms with van der Waals surface area (Å²) in [6.45, 7) is 0.681. The molecule has 0 aliphatic carbocycles. The van der Waals surface area contributed by atoms with Crippen LogP contribution in [0.5, 0.6) is 11.5 Å². The molecular weight excluding hydrogens is 398 g/mol. The maximum absolute atomic E-state index is 12.9. The number of hydrogen-bond donors (Lipinski definition) is 0. The van der Waals surface area contributed by atoms with Crippen LogP contribution in [0.4, 0.5) is 0 Å². The topological polar surface area (TPSA) is 75.4 Å². The number of thiazole rings is 1. The van der Waals surface area contributed by atoms with E-state index >= 15 is 0 Å². The largest absolute Gasteiger partial charge is 0.493 e. The van der Waals surface area contributed by atoms with Crippen molar-refractivity contribution in [2.45, 2.75) is 18.9 Å². The molecule has 0 unspecified atom stereocenters. The normalized spacial score (nSPS) is 16.1. The number of carbonyl (C=O) groups excluding carboxylic acids is 1. The maximum atomic E-state index is 12.9. The molecule has 0 saturated carbocycles. The number of amides is 1. The van der Waals surface area contributed by atoms with Crippen LogP contribution in [-0.2, 0) is 4.79 Å². The zero-order chi connectivity index (χ0) is 20.9. The maximum Gasteiger partial charge on any atom is 0.247 e. The predicted molar refractivity (Wildman–Crippen MR) is 116 cm³/mol. The number of fused-ring (bicyclic) bond motifs is 1. The van der Waals surface area contributed by atoms with Gasteiger partial charge in [-0.25, -0.2) is 4.98 Å². The number of para-hydroxylation sites is 1. The molecule has 30 heavy (non-hydrogen) atoms. The van der Waals surface area contributed by atoms with Gasteiger partial charge in [-0.15, -0.1) is 11.3 Å². The monoisotopic (exact) mass is 419 g/mol. The summed E-state index contributed by atoms with van der Waals surface area (Å²) < 4.78 is 11.8. The molecule has 1 aromatic heterocycles. The van der Waals surface area contributed by atoms with Gasteiger partial charge in [0.05, 0.1) is 23.4 Å². The minimum atomic E-state index is -0.0495. The molecule has 1 amide bonds. The fourth-order valence-electron chi connectivity index (χ4n) is 3.60. The number of carbonyl (C=O) groups is 1. The van der Waals surface area contributed by atoms with Gasteiger partial charge in [0.15, 0.2) is 18.1 Å². The fourth-order valence-corrected chi connectivity index (χ4v) is 4.72. The van der Waals surface area contributed by atoms with Crippen LogP contribution in [0.25, 0.3) is 16.3 Å². The standard InChI is InChI=1S/C23H21N3O3S/c1-28-20-15-16(8-10-19(20)29-14-12-24)9-11-22(27)26-13-4-6-18(26)23-25-17-5-2-3-7-21(17)30-23/h2-3,5,7-11,15,18H,4,6,13-14H2,1H3/b11-9+/t18-/m0/s1. The van der Waals surface area contributed by atoms with Crippen LogP contribution in [0.1, 0.15) is 29.5 Å². The molecule has 1 aliphatic heterocycles. The van der Waals surface area contributed by atoms with Crippen molar-refractivity contribution >= 4 is 33.5 Å². The molecule has 2 heterocycles. The Morgan fingerprint density at radius 1 is 1.33 bits per heavy atom. The van der Waals surface area contributed by atoms with Gasteiger partial charge in [-0.05, 0) is 48.7 Å². The molecular formula is C23H21N3O3S. The molecule has 0 N–H and O–H groups in total. The van der Waals surface area contributed by atoms with E-state index in [1.807, 2.05) is 35.2 Å². The van der Waals surface area contributed by atoms with Crippen molar-refractivity contribution in [3.63, 3.8) is 0 Å². The van der Waals surface area contributed by atoms with E-state index in [9.17, 15) is 4.79 Å². The number of rotatable bonds is 6. The molecule has 3 aromatic rings. The van der Waals surface area contributed by atoms with Crippen molar-refractivity contribution in [3.8, 4) is 17.6 Å². The predicted octanol–water partition coefficient (Wildman–Crippen LogP) is 4.58. The van der Waals surface area contributed by atoms with Crippen LogP contribution in [0, 0.1) is 11.3 Å². The van der Waals surface area contributed by atoms with E-state index in [1.165, 1.54) is 0 Å². The second kappa shape index (κ2) is 8.97. The molecule has 7 heteroatoms. The molecule has 1 aliphatic rings. The van der Waals surface area contributed by atoms with E-state index in [1.54, 1.807) is 42.7 Å². The first-order chi connectivity index (χ1) is 14.7. The highest BCUT2D eigenvalue weighted by molar-refractivity contribution is 7.18.